The molecule has 2 aromatic carbocycles. The summed E-state index contributed by atoms with van der Waals surface area (Å²) in [6.45, 7) is 2.40. The molecule has 3 heterocycles. The number of ether oxygens (including phenoxy) is 1. The third-order valence-corrected chi connectivity index (χ3v) is 5.20. The SMILES string of the molecule is O=C(c1cccc(-c2oc3ncccc3c2-c2ccccc2)c1)N1CCOCC1. The smallest absolute Gasteiger partial charge is 0.254 e. The predicted molar refractivity (Wildman–Crippen MR) is 112 cm³/mol. The van der Waals surface area contributed by atoms with E-state index in [1.54, 1.807) is 6.20 Å². The van der Waals surface area contributed by atoms with Gasteiger partial charge in [0.25, 0.3) is 5.91 Å². The minimum Gasteiger partial charge on any atom is -0.437 e. The van der Waals surface area contributed by atoms with E-state index in [1.165, 1.54) is 0 Å². The molecule has 0 radical (unpaired) electrons. The highest BCUT2D eigenvalue weighted by atomic mass is 16.5. The highest BCUT2D eigenvalue weighted by Gasteiger charge is 2.21. The second kappa shape index (κ2) is 7.53. The van der Waals surface area contributed by atoms with Gasteiger partial charge in [-0.3, -0.25) is 4.79 Å². The lowest BCUT2D eigenvalue weighted by Crippen LogP contribution is -2.40. The van der Waals surface area contributed by atoms with Crippen LogP contribution in [0.5, 0.6) is 0 Å². The van der Waals surface area contributed by atoms with E-state index >= 15 is 0 Å². The van der Waals surface area contributed by atoms with Crippen LogP contribution in [-0.2, 0) is 4.74 Å². The van der Waals surface area contributed by atoms with Gasteiger partial charge in [-0.15, -0.1) is 0 Å². The van der Waals surface area contributed by atoms with Crippen LogP contribution in [-0.4, -0.2) is 42.1 Å². The number of carbonyl (C=O) groups excluding carboxylic acids is 1. The van der Waals surface area contributed by atoms with Crippen LogP contribution in [0.4, 0.5) is 0 Å². The normalized spacial score (nSPS) is 14.3. The van der Waals surface area contributed by atoms with Crippen LogP contribution in [0, 0.1) is 0 Å². The van der Waals surface area contributed by atoms with E-state index in [0.717, 1.165) is 27.8 Å². The largest absolute Gasteiger partial charge is 0.437 e. The van der Waals surface area contributed by atoms with Crippen LogP contribution in [0.15, 0.2) is 77.3 Å². The zero-order valence-corrected chi connectivity index (χ0v) is 15.9. The Hall–Kier alpha value is -3.44. The third-order valence-electron chi connectivity index (χ3n) is 5.20. The molecule has 1 amide bonds. The van der Waals surface area contributed by atoms with Crippen LogP contribution in [0.1, 0.15) is 10.4 Å². The molecule has 5 nitrogen and oxygen atoms in total. The van der Waals surface area contributed by atoms with Crippen molar-refractivity contribution in [3.8, 4) is 22.5 Å². The van der Waals surface area contributed by atoms with Crippen LogP contribution in [0.3, 0.4) is 0 Å². The van der Waals surface area contributed by atoms with Crippen molar-refractivity contribution in [3.63, 3.8) is 0 Å². The minimum atomic E-state index is 0.0191. The van der Waals surface area contributed by atoms with Crippen LogP contribution in [0.2, 0.25) is 0 Å². The molecule has 4 aromatic rings. The van der Waals surface area contributed by atoms with Gasteiger partial charge < -0.3 is 14.1 Å². The number of benzene rings is 2. The summed E-state index contributed by atoms with van der Waals surface area (Å²) in [7, 11) is 0. The Morgan fingerprint density at radius 2 is 1.69 bits per heavy atom. The van der Waals surface area contributed by atoms with Crippen LogP contribution >= 0.6 is 0 Å². The highest BCUT2D eigenvalue weighted by Crippen LogP contribution is 2.40. The topological polar surface area (TPSA) is 55.6 Å². The third kappa shape index (κ3) is 3.30. The van der Waals surface area contributed by atoms with Gasteiger partial charge in [-0.1, -0.05) is 42.5 Å². The molecule has 1 saturated heterocycles. The summed E-state index contributed by atoms with van der Waals surface area (Å²) in [5, 5.41) is 0.957. The maximum absolute atomic E-state index is 12.9. The minimum absolute atomic E-state index is 0.0191. The Bertz CT molecular complexity index is 1160. The number of morpholine rings is 1. The second-order valence-corrected chi connectivity index (χ2v) is 7.01. The highest BCUT2D eigenvalue weighted by molar-refractivity contribution is 6.01. The van der Waals surface area contributed by atoms with Crippen molar-refractivity contribution in [3.05, 3.63) is 78.5 Å². The zero-order valence-electron chi connectivity index (χ0n) is 15.9. The molecule has 1 fully saturated rings. The number of hydrogen-bond acceptors (Lipinski definition) is 4. The summed E-state index contributed by atoms with van der Waals surface area (Å²) in [5.74, 6) is 0.743. The van der Waals surface area contributed by atoms with E-state index < -0.39 is 0 Å². The fourth-order valence-corrected chi connectivity index (χ4v) is 3.77. The fourth-order valence-electron chi connectivity index (χ4n) is 3.77. The second-order valence-electron chi connectivity index (χ2n) is 7.01. The zero-order chi connectivity index (χ0) is 19.6. The van der Waals surface area contributed by atoms with Gasteiger partial charge in [0, 0.05) is 41.4 Å². The summed E-state index contributed by atoms with van der Waals surface area (Å²) in [5.41, 5.74) is 4.15. The van der Waals surface area contributed by atoms with Crippen molar-refractivity contribution >= 4 is 17.0 Å². The van der Waals surface area contributed by atoms with Gasteiger partial charge in [-0.25, -0.2) is 4.98 Å². The van der Waals surface area contributed by atoms with Crippen molar-refractivity contribution in [1.29, 1.82) is 0 Å². The molecular formula is C24H20N2O3. The monoisotopic (exact) mass is 384 g/mol. The Morgan fingerprint density at radius 3 is 2.52 bits per heavy atom. The van der Waals surface area contributed by atoms with E-state index in [1.807, 2.05) is 59.5 Å². The van der Waals surface area contributed by atoms with Crippen molar-refractivity contribution in [2.24, 2.45) is 0 Å². The summed E-state index contributed by atoms with van der Waals surface area (Å²) in [6.07, 6.45) is 1.72. The lowest BCUT2D eigenvalue weighted by atomic mass is 9.98. The maximum atomic E-state index is 12.9. The molecule has 0 spiro atoms. The first-order valence-corrected chi connectivity index (χ1v) is 9.71. The van der Waals surface area contributed by atoms with E-state index in [2.05, 4.69) is 17.1 Å². The van der Waals surface area contributed by atoms with Gasteiger partial charge in [0.15, 0.2) is 0 Å². The van der Waals surface area contributed by atoms with Crippen LogP contribution in [0.25, 0.3) is 33.6 Å². The lowest BCUT2D eigenvalue weighted by Gasteiger charge is -2.27. The van der Waals surface area contributed by atoms with E-state index in [9.17, 15) is 4.79 Å². The molecule has 1 aliphatic heterocycles. The number of aromatic nitrogens is 1. The Balaban J connectivity index is 1.62. The first-order valence-electron chi connectivity index (χ1n) is 9.71. The van der Waals surface area contributed by atoms with E-state index in [-0.39, 0.29) is 5.91 Å². The van der Waals surface area contributed by atoms with Crippen molar-refractivity contribution in [1.82, 2.24) is 9.88 Å². The number of rotatable bonds is 3. The Labute approximate surface area is 168 Å². The van der Waals surface area contributed by atoms with Gasteiger partial charge in [0.2, 0.25) is 5.71 Å². The van der Waals surface area contributed by atoms with Crippen molar-refractivity contribution in [2.75, 3.05) is 26.3 Å². The van der Waals surface area contributed by atoms with Gasteiger partial charge >= 0.3 is 0 Å². The fraction of sp³-hybridized carbons (Fsp3) is 0.167. The average molecular weight is 384 g/mol. The number of amides is 1. The molecule has 0 N–H and O–H groups in total. The lowest BCUT2D eigenvalue weighted by molar-refractivity contribution is 0.0303. The molecule has 0 unspecified atom stereocenters. The first-order chi connectivity index (χ1) is 14.3. The molecule has 1 aliphatic rings. The summed E-state index contributed by atoms with van der Waals surface area (Å²) < 4.78 is 11.5. The number of carbonyl (C=O) groups is 1. The molecule has 144 valence electrons. The standard InChI is InChI=1S/C24H20N2O3/c27-24(26-12-14-28-15-13-26)19-9-4-8-18(16-19)22-21(17-6-2-1-3-7-17)20-10-5-11-25-23(20)29-22/h1-11,16H,12-15H2. The van der Waals surface area contributed by atoms with Crippen molar-refractivity contribution in [2.45, 2.75) is 0 Å². The van der Waals surface area contributed by atoms with Gasteiger partial charge in [0.1, 0.15) is 5.76 Å². The number of nitrogens with zero attached hydrogens (tertiary/aromatic N) is 2. The van der Waals surface area contributed by atoms with E-state index in [0.29, 0.717) is 37.6 Å². The molecule has 29 heavy (non-hydrogen) atoms. The number of hydrogen-bond donors (Lipinski definition) is 0. The quantitative estimate of drug-likeness (QED) is 0.517. The average Bonchev–Trinajstić information content (AvgIpc) is 3.19. The molecule has 5 rings (SSSR count). The van der Waals surface area contributed by atoms with Gasteiger partial charge in [-0.05, 0) is 29.8 Å². The molecule has 2 aromatic heterocycles. The molecule has 0 saturated carbocycles. The first kappa shape index (κ1) is 17.6. The summed E-state index contributed by atoms with van der Waals surface area (Å²) >= 11 is 0. The van der Waals surface area contributed by atoms with E-state index in [4.69, 9.17) is 9.15 Å². The molecular weight excluding hydrogens is 364 g/mol. The van der Waals surface area contributed by atoms with Gasteiger partial charge in [-0.2, -0.15) is 0 Å². The Kier molecular flexibility index (Phi) is 4.58. The van der Waals surface area contributed by atoms with Crippen LogP contribution < -0.4 is 0 Å². The van der Waals surface area contributed by atoms with Gasteiger partial charge in [0.05, 0.1) is 13.2 Å². The maximum Gasteiger partial charge on any atom is 0.254 e. The van der Waals surface area contributed by atoms with Crippen molar-refractivity contribution < 1.29 is 13.9 Å². The number of fused-ring (bicyclic) bond motifs is 1. The molecule has 0 atom stereocenters. The number of pyridine rings is 1. The Morgan fingerprint density at radius 1 is 0.897 bits per heavy atom. The summed E-state index contributed by atoms with van der Waals surface area (Å²) in [4.78, 5) is 19.2. The number of furan rings is 1. The molecule has 5 heteroatoms. The summed E-state index contributed by atoms with van der Waals surface area (Å²) in [6, 6.07) is 21.7. The molecule has 0 bridgehead atoms. The molecule has 0 aliphatic carbocycles. The predicted octanol–water partition coefficient (Wildman–Crippen LogP) is 4.63.